The first-order valence-electron chi connectivity index (χ1n) is 14.6. The van der Waals surface area contributed by atoms with E-state index in [0.717, 1.165) is 0 Å². The Hall–Kier alpha value is -3.75. The topological polar surface area (TPSA) is 252 Å². The summed E-state index contributed by atoms with van der Waals surface area (Å²) < 4.78 is 0. The number of rotatable bonds is 19. The maximum absolute atomic E-state index is 13.5. The molecule has 0 spiro atoms. The summed E-state index contributed by atoms with van der Waals surface area (Å²) in [6, 6.07) is -6.60. The van der Waals surface area contributed by atoms with Gasteiger partial charge in [-0.15, -0.1) is 0 Å². The zero-order valence-corrected chi connectivity index (χ0v) is 26.5. The van der Waals surface area contributed by atoms with Gasteiger partial charge in [-0.2, -0.15) is 0 Å². The van der Waals surface area contributed by atoms with Crippen LogP contribution in [0, 0.1) is 17.8 Å². The molecule has 0 aromatic rings. The van der Waals surface area contributed by atoms with Crippen LogP contribution in [0.4, 0.5) is 0 Å². The molecule has 0 heterocycles. The Morgan fingerprint density at radius 3 is 1.63 bits per heavy atom. The average Bonchev–Trinajstić information content (AvgIpc) is 2.90. The van der Waals surface area contributed by atoms with E-state index in [1.165, 1.54) is 13.8 Å². The van der Waals surface area contributed by atoms with Gasteiger partial charge in [-0.25, -0.2) is 4.79 Å². The molecule has 0 saturated heterocycles. The van der Waals surface area contributed by atoms with Crippen LogP contribution in [0.1, 0.15) is 81.1 Å². The predicted molar refractivity (Wildman–Crippen MR) is 159 cm³/mol. The molecule has 0 aliphatic heterocycles. The van der Waals surface area contributed by atoms with Crippen molar-refractivity contribution in [3.63, 3.8) is 0 Å². The first kappa shape index (κ1) is 39.2. The largest absolute Gasteiger partial charge is 0.480 e. The van der Waals surface area contributed by atoms with E-state index in [1.54, 1.807) is 41.5 Å². The van der Waals surface area contributed by atoms with Gasteiger partial charge in [-0.05, 0) is 44.4 Å². The number of carboxylic acid groups (broad SMARTS) is 1. The Labute approximate surface area is 253 Å². The van der Waals surface area contributed by atoms with Gasteiger partial charge in [0, 0.05) is 6.42 Å². The number of amides is 6. The molecule has 15 heteroatoms. The molecule has 246 valence electrons. The van der Waals surface area contributed by atoms with E-state index in [4.69, 9.17) is 11.5 Å². The lowest BCUT2D eigenvalue weighted by atomic mass is 9.95. The quantitative estimate of drug-likeness (QED) is 0.0876. The molecule has 0 aliphatic rings. The summed E-state index contributed by atoms with van der Waals surface area (Å²) in [7, 11) is 0. The van der Waals surface area contributed by atoms with Gasteiger partial charge >= 0.3 is 5.97 Å². The van der Waals surface area contributed by atoms with Crippen molar-refractivity contribution in [3.05, 3.63) is 0 Å². The molecule has 6 amide bonds. The third-order valence-electron chi connectivity index (χ3n) is 6.84. The number of carboxylic acids is 1. The van der Waals surface area contributed by atoms with Crippen LogP contribution in [0.5, 0.6) is 0 Å². The summed E-state index contributed by atoms with van der Waals surface area (Å²) in [6.07, 6.45) is 0.127. The standard InChI is InChI=1S/C28H51N7O8/c1-9-15(6)22(35-26(40)21(14(4)5)34-24(38)17(8)31-23(37)16(7)29)27(41)32-18(10-11-20(30)36)25(39)33-19(28(42)43)12-13(2)3/h13-19,21-22H,9-12,29H2,1-8H3,(H2,30,36)(H,31,37)(H,32,41)(H,33,39)(H,34,38)(H,35,40)(H,42,43)/t15-,16-,17-,18-,19-,21-,22-/m0/s1. The van der Waals surface area contributed by atoms with Crippen molar-refractivity contribution in [2.45, 2.75) is 117 Å². The summed E-state index contributed by atoms with van der Waals surface area (Å²) in [5, 5.41) is 22.2. The smallest absolute Gasteiger partial charge is 0.326 e. The van der Waals surface area contributed by atoms with Crippen LogP contribution in [0.3, 0.4) is 0 Å². The van der Waals surface area contributed by atoms with Gasteiger partial charge in [0.15, 0.2) is 0 Å². The molecule has 0 unspecified atom stereocenters. The highest BCUT2D eigenvalue weighted by molar-refractivity contribution is 5.96. The second kappa shape index (κ2) is 18.7. The van der Waals surface area contributed by atoms with Crippen molar-refractivity contribution in [3.8, 4) is 0 Å². The minimum absolute atomic E-state index is 0.0528. The molecule has 0 aromatic carbocycles. The lowest BCUT2D eigenvalue weighted by Gasteiger charge is -2.30. The maximum atomic E-state index is 13.5. The number of carbonyl (C=O) groups is 7. The van der Waals surface area contributed by atoms with E-state index in [1.807, 2.05) is 0 Å². The Morgan fingerprint density at radius 1 is 0.674 bits per heavy atom. The third-order valence-corrected chi connectivity index (χ3v) is 6.84. The molecule has 0 saturated carbocycles. The van der Waals surface area contributed by atoms with E-state index >= 15 is 0 Å². The molecule has 0 fully saturated rings. The van der Waals surface area contributed by atoms with Crippen LogP contribution in [0.2, 0.25) is 0 Å². The second-order valence-electron chi connectivity index (χ2n) is 11.7. The van der Waals surface area contributed by atoms with Crippen molar-refractivity contribution in [2.24, 2.45) is 29.2 Å². The fourth-order valence-corrected chi connectivity index (χ4v) is 3.95. The molecule has 43 heavy (non-hydrogen) atoms. The lowest BCUT2D eigenvalue weighted by molar-refractivity contribution is -0.143. The average molecular weight is 614 g/mol. The zero-order chi connectivity index (χ0) is 33.6. The van der Waals surface area contributed by atoms with Crippen LogP contribution < -0.4 is 38.1 Å². The summed E-state index contributed by atoms with van der Waals surface area (Å²) in [5.74, 6) is -6.27. The molecular weight excluding hydrogens is 562 g/mol. The van der Waals surface area contributed by atoms with E-state index in [2.05, 4.69) is 26.6 Å². The zero-order valence-electron chi connectivity index (χ0n) is 26.5. The number of aliphatic carboxylic acids is 1. The van der Waals surface area contributed by atoms with Gasteiger partial charge in [0.25, 0.3) is 0 Å². The highest BCUT2D eigenvalue weighted by atomic mass is 16.4. The monoisotopic (exact) mass is 613 g/mol. The minimum atomic E-state index is -1.31. The summed E-state index contributed by atoms with van der Waals surface area (Å²) in [5.41, 5.74) is 10.8. The van der Waals surface area contributed by atoms with Crippen molar-refractivity contribution >= 4 is 41.4 Å². The predicted octanol–water partition coefficient (Wildman–Crippen LogP) is -1.12. The molecule has 10 N–H and O–H groups in total. The number of carbonyl (C=O) groups excluding carboxylic acids is 6. The fourth-order valence-electron chi connectivity index (χ4n) is 3.95. The molecule has 7 atom stereocenters. The van der Waals surface area contributed by atoms with Crippen LogP contribution in [-0.4, -0.2) is 82.8 Å². The first-order valence-corrected chi connectivity index (χ1v) is 14.6. The number of nitrogens with one attached hydrogen (secondary N) is 5. The van der Waals surface area contributed by atoms with Crippen molar-refractivity contribution in [2.75, 3.05) is 0 Å². The normalized spacial score (nSPS) is 16.1. The molecule has 0 bridgehead atoms. The number of hydrogen-bond acceptors (Lipinski definition) is 8. The van der Waals surface area contributed by atoms with Gasteiger partial charge in [0.1, 0.15) is 30.2 Å². The highest BCUT2D eigenvalue weighted by Crippen LogP contribution is 2.12. The van der Waals surface area contributed by atoms with E-state index < -0.39 is 89.5 Å². The summed E-state index contributed by atoms with van der Waals surface area (Å²) in [6.45, 7) is 13.4. The molecule has 0 aromatic heterocycles. The fraction of sp³-hybridized carbons (Fsp3) is 0.750. The third kappa shape index (κ3) is 14.3. The molecule has 0 rings (SSSR count). The Bertz CT molecular complexity index is 1000. The van der Waals surface area contributed by atoms with Gasteiger partial charge in [0.05, 0.1) is 6.04 Å². The van der Waals surface area contributed by atoms with E-state index in [-0.39, 0.29) is 25.2 Å². The van der Waals surface area contributed by atoms with Gasteiger partial charge in [-0.3, -0.25) is 28.8 Å². The maximum Gasteiger partial charge on any atom is 0.326 e. The van der Waals surface area contributed by atoms with Crippen LogP contribution in [-0.2, 0) is 33.6 Å². The van der Waals surface area contributed by atoms with E-state index in [0.29, 0.717) is 6.42 Å². The van der Waals surface area contributed by atoms with Gasteiger partial charge in [0.2, 0.25) is 35.4 Å². The van der Waals surface area contributed by atoms with Crippen LogP contribution in [0.25, 0.3) is 0 Å². The van der Waals surface area contributed by atoms with Crippen molar-refractivity contribution < 1.29 is 38.7 Å². The van der Waals surface area contributed by atoms with Crippen molar-refractivity contribution in [1.82, 2.24) is 26.6 Å². The lowest BCUT2D eigenvalue weighted by Crippen LogP contribution is -2.61. The Morgan fingerprint density at radius 2 is 1.19 bits per heavy atom. The molecule has 0 radical (unpaired) electrons. The number of primary amides is 1. The molecule has 15 nitrogen and oxygen atoms in total. The number of hydrogen-bond donors (Lipinski definition) is 8. The van der Waals surface area contributed by atoms with Crippen LogP contribution >= 0.6 is 0 Å². The second-order valence-corrected chi connectivity index (χ2v) is 11.7. The molecule has 0 aliphatic carbocycles. The highest BCUT2D eigenvalue weighted by Gasteiger charge is 2.35. The Kier molecular flexibility index (Phi) is 17.1. The summed E-state index contributed by atoms with van der Waals surface area (Å²) >= 11 is 0. The van der Waals surface area contributed by atoms with E-state index in [9.17, 15) is 38.7 Å². The first-order chi connectivity index (χ1) is 19.8. The van der Waals surface area contributed by atoms with Crippen LogP contribution in [0.15, 0.2) is 0 Å². The Balaban J connectivity index is 5.92. The van der Waals surface area contributed by atoms with Crippen molar-refractivity contribution in [1.29, 1.82) is 0 Å². The molecular formula is C28H51N7O8. The van der Waals surface area contributed by atoms with Gasteiger partial charge in [-0.1, -0.05) is 48.0 Å². The van der Waals surface area contributed by atoms with Gasteiger partial charge < -0.3 is 43.2 Å². The summed E-state index contributed by atoms with van der Waals surface area (Å²) in [4.78, 5) is 87.6. The number of nitrogens with two attached hydrogens (primary N) is 2. The SMILES string of the molecule is CC[C@H](C)[C@H](NC(=O)[C@@H](NC(=O)[C@H](C)NC(=O)[C@H](C)N)C(C)C)C(=O)N[C@@H](CCC(N)=O)C(=O)N[C@@H](CC(C)C)C(=O)O. The minimum Gasteiger partial charge on any atom is -0.480 e.